The largest absolute Gasteiger partial charge is 0.343 e. The molecule has 0 atom stereocenters. The number of likely N-dealkylation sites (tertiary alicyclic amines) is 1. The van der Waals surface area contributed by atoms with Crippen molar-refractivity contribution in [2.24, 2.45) is 0 Å². The Morgan fingerprint density at radius 2 is 1.81 bits per heavy atom. The number of nitrogens with one attached hydrogen (secondary N) is 1. The molecule has 0 radical (unpaired) electrons. The van der Waals surface area contributed by atoms with Gasteiger partial charge < -0.3 is 15.1 Å². The molecule has 1 aliphatic rings. The summed E-state index contributed by atoms with van der Waals surface area (Å²) in [6.07, 6.45) is 2.50. The second-order valence-corrected chi connectivity index (χ2v) is 6.97. The Labute approximate surface area is 155 Å². The fourth-order valence-corrected chi connectivity index (χ4v) is 3.64. The van der Waals surface area contributed by atoms with E-state index in [-0.39, 0.29) is 18.0 Å². The van der Waals surface area contributed by atoms with Crippen LogP contribution in [-0.2, 0) is 11.2 Å². The molecule has 3 amide bonds. The Balaban J connectivity index is 1.48. The van der Waals surface area contributed by atoms with Crippen LogP contribution in [-0.4, -0.2) is 54.5 Å². The number of amides is 3. The lowest BCUT2D eigenvalue weighted by Crippen LogP contribution is -2.49. The van der Waals surface area contributed by atoms with E-state index < -0.39 is 0 Å². The molecule has 26 heavy (non-hydrogen) atoms. The normalized spacial score (nSPS) is 15.1. The van der Waals surface area contributed by atoms with Crippen LogP contribution in [0.4, 0.5) is 4.79 Å². The molecule has 1 aliphatic heterocycles. The molecular formula is C21H27N3O2. The Hall–Kier alpha value is -2.56. The maximum absolute atomic E-state index is 12.4. The fraction of sp³-hybridized carbons (Fsp3) is 0.429. The molecule has 1 saturated heterocycles. The standard InChI is InChI=1S/C21H27N3O2/c1-16(25)23(2)19-11-14-24(15-12-19)21(26)22-13-10-18-8-5-7-17-6-3-4-9-20(17)18/h3-9,19H,10-15H2,1-2H3,(H,22,26). The van der Waals surface area contributed by atoms with E-state index in [1.54, 1.807) is 11.8 Å². The van der Waals surface area contributed by atoms with Crippen LogP contribution in [0.2, 0.25) is 0 Å². The highest BCUT2D eigenvalue weighted by Gasteiger charge is 2.26. The van der Waals surface area contributed by atoms with Crippen LogP contribution in [0.3, 0.4) is 0 Å². The van der Waals surface area contributed by atoms with Gasteiger partial charge >= 0.3 is 6.03 Å². The number of fused-ring (bicyclic) bond motifs is 1. The molecule has 3 rings (SSSR count). The molecule has 5 nitrogen and oxygen atoms in total. The summed E-state index contributed by atoms with van der Waals surface area (Å²) in [5.41, 5.74) is 1.25. The summed E-state index contributed by atoms with van der Waals surface area (Å²) in [6.45, 7) is 3.61. The number of urea groups is 1. The zero-order chi connectivity index (χ0) is 18.5. The minimum absolute atomic E-state index is 0.00540. The second-order valence-electron chi connectivity index (χ2n) is 6.97. The van der Waals surface area contributed by atoms with E-state index in [0.717, 1.165) is 19.3 Å². The number of benzene rings is 2. The highest BCUT2D eigenvalue weighted by atomic mass is 16.2. The highest BCUT2D eigenvalue weighted by Crippen LogP contribution is 2.19. The van der Waals surface area contributed by atoms with Gasteiger partial charge in [-0.3, -0.25) is 4.79 Å². The first-order chi connectivity index (χ1) is 12.6. The average molecular weight is 353 g/mol. The number of nitrogens with zero attached hydrogens (tertiary/aromatic N) is 2. The zero-order valence-corrected chi connectivity index (χ0v) is 15.6. The molecule has 0 unspecified atom stereocenters. The van der Waals surface area contributed by atoms with Gasteiger partial charge in [-0.25, -0.2) is 4.79 Å². The van der Waals surface area contributed by atoms with Gasteiger partial charge in [-0.2, -0.15) is 0 Å². The van der Waals surface area contributed by atoms with E-state index in [1.165, 1.54) is 16.3 Å². The van der Waals surface area contributed by atoms with Gasteiger partial charge in [0.25, 0.3) is 0 Å². The van der Waals surface area contributed by atoms with Crippen LogP contribution in [0.1, 0.15) is 25.3 Å². The number of hydrogen-bond donors (Lipinski definition) is 1. The smallest absolute Gasteiger partial charge is 0.317 e. The van der Waals surface area contributed by atoms with Crippen LogP contribution in [0, 0.1) is 0 Å². The summed E-state index contributed by atoms with van der Waals surface area (Å²) in [5.74, 6) is 0.0861. The Morgan fingerprint density at radius 3 is 2.54 bits per heavy atom. The van der Waals surface area contributed by atoms with Crippen molar-refractivity contribution in [1.29, 1.82) is 0 Å². The van der Waals surface area contributed by atoms with Gasteiger partial charge in [0.1, 0.15) is 0 Å². The number of carbonyl (C=O) groups excluding carboxylic acids is 2. The summed E-state index contributed by atoms with van der Waals surface area (Å²) >= 11 is 0. The van der Waals surface area contributed by atoms with Crippen LogP contribution in [0.25, 0.3) is 10.8 Å². The predicted molar refractivity (Wildman–Crippen MR) is 104 cm³/mol. The van der Waals surface area contributed by atoms with Crippen LogP contribution >= 0.6 is 0 Å². The van der Waals surface area contributed by atoms with E-state index in [1.807, 2.05) is 24.1 Å². The van der Waals surface area contributed by atoms with Gasteiger partial charge in [0.2, 0.25) is 5.91 Å². The molecule has 0 aliphatic carbocycles. The van der Waals surface area contributed by atoms with E-state index in [0.29, 0.717) is 19.6 Å². The van der Waals surface area contributed by atoms with Gasteiger partial charge in [-0.1, -0.05) is 42.5 Å². The minimum atomic E-state index is -0.00540. The van der Waals surface area contributed by atoms with E-state index in [2.05, 4.69) is 35.6 Å². The van der Waals surface area contributed by atoms with Gasteiger partial charge in [0.05, 0.1) is 0 Å². The fourth-order valence-electron chi connectivity index (χ4n) is 3.64. The first kappa shape index (κ1) is 18.2. The highest BCUT2D eigenvalue weighted by molar-refractivity contribution is 5.85. The first-order valence-corrected chi connectivity index (χ1v) is 9.29. The van der Waals surface area contributed by atoms with Crippen LogP contribution < -0.4 is 5.32 Å². The molecule has 5 heteroatoms. The molecule has 0 bridgehead atoms. The van der Waals surface area contributed by atoms with Crippen molar-refractivity contribution in [3.8, 4) is 0 Å². The van der Waals surface area contributed by atoms with Crippen molar-refractivity contribution < 1.29 is 9.59 Å². The second kappa shape index (κ2) is 8.21. The molecule has 1 heterocycles. The minimum Gasteiger partial charge on any atom is -0.343 e. The first-order valence-electron chi connectivity index (χ1n) is 9.29. The molecule has 0 spiro atoms. The third kappa shape index (κ3) is 4.15. The van der Waals surface area contributed by atoms with Crippen molar-refractivity contribution in [2.75, 3.05) is 26.7 Å². The van der Waals surface area contributed by atoms with Crippen molar-refractivity contribution in [2.45, 2.75) is 32.2 Å². The molecule has 0 aromatic heterocycles. The third-order valence-electron chi connectivity index (χ3n) is 5.35. The molecule has 2 aromatic carbocycles. The lowest BCUT2D eigenvalue weighted by Gasteiger charge is -2.36. The SMILES string of the molecule is CC(=O)N(C)C1CCN(C(=O)NCCc2cccc3ccccc23)CC1. The van der Waals surface area contributed by atoms with E-state index in [4.69, 9.17) is 0 Å². The summed E-state index contributed by atoms with van der Waals surface area (Å²) in [7, 11) is 1.84. The van der Waals surface area contributed by atoms with Gasteiger partial charge in [0.15, 0.2) is 0 Å². The summed E-state index contributed by atoms with van der Waals surface area (Å²) in [5, 5.41) is 5.52. The van der Waals surface area contributed by atoms with E-state index >= 15 is 0 Å². The molecule has 1 fully saturated rings. The predicted octanol–water partition coefficient (Wildman–Crippen LogP) is 3.03. The van der Waals surface area contributed by atoms with Gasteiger partial charge in [-0.05, 0) is 35.6 Å². The number of piperidine rings is 1. The van der Waals surface area contributed by atoms with Crippen LogP contribution in [0.5, 0.6) is 0 Å². The quantitative estimate of drug-likeness (QED) is 0.918. The Morgan fingerprint density at radius 1 is 1.12 bits per heavy atom. The molecule has 1 N–H and O–H groups in total. The monoisotopic (exact) mass is 353 g/mol. The van der Waals surface area contributed by atoms with Crippen molar-refractivity contribution in [3.05, 3.63) is 48.0 Å². The topological polar surface area (TPSA) is 52.7 Å². The van der Waals surface area contributed by atoms with Crippen molar-refractivity contribution in [3.63, 3.8) is 0 Å². The zero-order valence-electron chi connectivity index (χ0n) is 15.6. The van der Waals surface area contributed by atoms with Crippen molar-refractivity contribution >= 4 is 22.7 Å². The average Bonchev–Trinajstić information content (AvgIpc) is 2.67. The lowest BCUT2D eigenvalue weighted by atomic mass is 10.0. The van der Waals surface area contributed by atoms with E-state index in [9.17, 15) is 9.59 Å². The maximum atomic E-state index is 12.4. The number of rotatable bonds is 4. The lowest BCUT2D eigenvalue weighted by molar-refractivity contribution is -0.130. The summed E-state index contributed by atoms with van der Waals surface area (Å²) < 4.78 is 0. The summed E-state index contributed by atoms with van der Waals surface area (Å²) in [4.78, 5) is 27.5. The van der Waals surface area contributed by atoms with Crippen LogP contribution in [0.15, 0.2) is 42.5 Å². The number of hydrogen-bond acceptors (Lipinski definition) is 2. The summed E-state index contributed by atoms with van der Waals surface area (Å²) in [6, 6.07) is 14.9. The number of carbonyl (C=O) groups is 2. The van der Waals surface area contributed by atoms with Gasteiger partial charge in [-0.15, -0.1) is 0 Å². The molecule has 0 saturated carbocycles. The van der Waals surface area contributed by atoms with Crippen molar-refractivity contribution in [1.82, 2.24) is 15.1 Å². The maximum Gasteiger partial charge on any atom is 0.317 e. The molecule has 2 aromatic rings. The Bertz CT molecular complexity index is 776. The third-order valence-corrected chi connectivity index (χ3v) is 5.35. The Kier molecular flexibility index (Phi) is 5.76. The van der Waals surface area contributed by atoms with Gasteiger partial charge in [0, 0.05) is 39.6 Å². The molecular weight excluding hydrogens is 326 g/mol. The molecule has 138 valence electrons.